The summed E-state index contributed by atoms with van der Waals surface area (Å²) in [6.07, 6.45) is 1.68. The molecule has 2 aromatic rings. The molecular weight excluding hydrogens is 381 g/mol. The lowest BCUT2D eigenvalue weighted by Crippen LogP contribution is -1.99. The smallest absolute Gasteiger partial charge is 0.136 e. The molecule has 0 saturated carbocycles. The van der Waals surface area contributed by atoms with Crippen LogP contribution in [0.15, 0.2) is 39.4 Å². The van der Waals surface area contributed by atoms with Crippen molar-refractivity contribution in [2.24, 2.45) is 0 Å². The highest BCUT2D eigenvalue weighted by Crippen LogP contribution is 2.21. The second kappa shape index (κ2) is 5.23. The molecule has 0 spiro atoms. The third-order valence-corrected chi connectivity index (χ3v) is 4.18. The first kappa shape index (κ1) is 12.0. The summed E-state index contributed by atoms with van der Waals surface area (Å²) in [5.41, 5.74) is 2.41. The van der Waals surface area contributed by atoms with Gasteiger partial charge < -0.3 is 9.73 Å². The predicted octanol–water partition coefficient (Wildman–Crippen LogP) is 4.57. The molecule has 0 aliphatic rings. The maximum absolute atomic E-state index is 5.33. The van der Waals surface area contributed by atoms with Crippen molar-refractivity contribution in [1.82, 2.24) is 0 Å². The van der Waals surface area contributed by atoms with E-state index in [1.165, 1.54) is 9.13 Å². The van der Waals surface area contributed by atoms with Crippen LogP contribution in [0.3, 0.4) is 0 Å². The fourth-order valence-corrected chi connectivity index (χ4v) is 2.19. The van der Waals surface area contributed by atoms with Crippen LogP contribution < -0.4 is 5.32 Å². The van der Waals surface area contributed by atoms with E-state index in [-0.39, 0.29) is 0 Å². The van der Waals surface area contributed by atoms with Crippen molar-refractivity contribution in [3.05, 3.63) is 49.9 Å². The quantitative estimate of drug-likeness (QED) is 0.775. The van der Waals surface area contributed by atoms with Gasteiger partial charge in [0.25, 0.3) is 0 Å². The summed E-state index contributed by atoms with van der Waals surface area (Å²) >= 11 is 5.77. The number of hydrogen-bond donors (Lipinski definition) is 1. The van der Waals surface area contributed by atoms with Gasteiger partial charge in [0.2, 0.25) is 0 Å². The van der Waals surface area contributed by atoms with E-state index in [1.807, 2.05) is 6.07 Å². The molecule has 1 N–H and O–H groups in total. The molecule has 0 aliphatic carbocycles. The topological polar surface area (TPSA) is 25.2 Å². The van der Waals surface area contributed by atoms with Crippen molar-refractivity contribution in [2.45, 2.75) is 13.5 Å². The summed E-state index contributed by atoms with van der Waals surface area (Å²) in [5.74, 6) is 0.913. The highest BCUT2D eigenvalue weighted by molar-refractivity contribution is 14.1. The zero-order chi connectivity index (χ0) is 11.5. The fourth-order valence-electron chi connectivity index (χ4n) is 1.34. The van der Waals surface area contributed by atoms with Gasteiger partial charge in [-0.25, -0.2) is 0 Å². The molecule has 0 saturated heterocycles. The number of halogens is 2. The second-order valence-corrected chi connectivity index (χ2v) is 5.53. The van der Waals surface area contributed by atoms with E-state index in [9.17, 15) is 0 Å². The summed E-state index contributed by atoms with van der Waals surface area (Å²) < 4.78 is 7.60. The summed E-state index contributed by atoms with van der Waals surface area (Å²) in [7, 11) is 0. The third kappa shape index (κ3) is 2.79. The number of hydrogen-bond acceptors (Lipinski definition) is 2. The van der Waals surface area contributed by atoms with E-state index >= 15 is 0 Å². The number of nitrogens with one attached hydrogen (secondary N) is 1. The van der Waals surface area contributed by atoms with Crippen molar-refractivity contribution >= 4 is 44.2 Å². The minimum atomic E-state index is 0.687. The lowest BCUT2D eigenvalue weighted by molar-refractivity contribution is 0.516. The van der Waals surface area contributed by atoms with Crippen molar-refractivity contribution in [3.8, 4) is 0 Å². The molecule has 0 unspecified atom stereocenters. The minimum absolute atomic E-state index is 0.687. The van der Waals surface area contributed by atoms with E-state index in [1.54, 1.807) is 6.26 Å². The molecule has 0 aliphatic heterocycles. The van der Waals surface area contributed by atoms with Gasteiger partial charge in [0.05, 0.1) is 17.3 Å². The lowest BCUT2D eigenvalue weighted by atomic mass is 10.2. The standard InChI is InChI=1S/C12H11BrINO/c1-8-2-3-9(6-11(8)14)15-7-12-10(13)4-5-16-12/h2-6,15H,7H2,1H3. The van der Waals surface area contributed by atoms with Crippen LogP contribution in [0.1, 0.15) is 11.3 Å². The summed E-state index contributed by atoms with van der Waals surface area (Å²) in [6.45, 7) is 2.79. The van der Waals surface area contributed by atoms with Crippen LogP contribution in [0.25, 0.3) is 0 Å². The minimum Gasteiger partial charge on any atom is -0.466 e. The van der Waals surface area contributed by atoms with Crippen molar-refractivity contribution in [2.75, 3.05) is 5.32 Å². The van der Waals surface area contributed by atoms with Crippen LogP contribution in [0.4, 0.5) is 5.69 Å². The molecule has 0 atom stereocenters. The van der Waals surface area contributed by atoms with Crippen LogP contribution in [-0.2, 0) is 6.54 Å². The Morgan fingerprint density at radius 2 is 2.19 bits per heavy atom. The first-order chi connectivity index (χ1) is 7.66. The van der Waals surface area contributed by atoms with Gasteiger partial charge in [-0.05, 0) is 69.2 Å². The number of anilines is 1. The monoisotopic (exact) mass is 391 g/mol. The van der Waals surface area contributed by atoms with Crippen molar-refractivity contribution in [3.63, 3.8) is 0 Å². The van der Waals surface area contributed by atoms with E-state index in [4.69, 9.17) is 4.42 Å². The second-order valence-electron chi connectivity index (χ2n) is 3.51. The summed E-state index contributed by atoms with van der Waals surface area (Å²) in [6, 6.07) is 8.22. The average Bonchev–Trinajstić information content (AvgIpc) is 2.66. The van der Waals surface area contributed by atoms with Gasteiger partial charge in [-0.1, -0.05) is 6.07 Å². The highest BCUT2D eigenvalue weighted by Gasteiger charge is 2.03. The van der Waals surface area contributed by atoms with E-state index < -0.39 is 0 Å². The number of aryl methyl sites for hydroxylation is 1. The Morgan fingerprint density at radius 1 is 1.38 bits per heavy atom. The largest absolute Gasteiger partial charge is 0.466 e. The van der Waals surface area contributed by atoms with E-state index in [0.29, 0.717) is 6.54 Å². The Labute approximate surface area is 117 Å². The zero-order valence-electron chi connectivity index (χ0n) is 8.76. The molecule has 0 radical (unpaired) electrons. The molecule has 0 fully saturated rings. The Hall–Kier alpha value is -0.490. The normalized spacial score (nSPS) is 10.4. The Kier molecular flexibility index (Phi) is 3.91. The maximum Gasteiger partial charge on any atom is 0.136 e. The Balaban J connectivity index is 2.05. The fraction of sp³-hybridized carbons (Fsp3) is 0.167. The molecule has 84 valence electrons. The number of rotatable bonds is 3. The van der Waals surface area contributed by atoms with Crippen LogP contribution in [0, 0.1) is 10.5 Å². The first-order valence-corrected chi connectivity index (χ1v) is 6.76. The molecule has 16 heavy (non-hydrogen) atoms. The lowest BCUT2D eigenvalue weighted by Gasteiger charge is -2.06. The van der Waals surface area contributed by atoms with Crippen LogP contribution in [0.2, 0.25) is 0 Å². The number of benzene rings is 1. The van der Waals surface area contributed by atoms with Crippen LogP contribution >= 0.6 is 38.5 Å². The van der Waals surface area contributed by atoms with Gasteiger partial charge >= 0.3 is 0 Å². The van der Waals surface area contributed by atoms with Crippen molar-refractivity contribution in [1.29, 1.82) is 0 Å². The molecule has 4 heteroatoms. The van der Waals surface area contributed by atoms with Gasteiger partial charge in [-0.2, -0.15) is 0 Å². The molecule has 2 rings (SSSR count). The molecule has 1 aromatic carbocycles. The van der Waals surface area contributed by atoms with Gasteiger partial charge in [0.1, 0.15) is 5.76 Å². The van der Waals surface area contributed by atoms with Crippen LogP contribution in [-0.4, -0.2) is 0 Å². The highest BCUT2D eigenvalue weighted by atomic mass is 127. The van der Waals surface area contributed by atoms with Gasteiger partial charge in [0.15, 0.2) is 0 Å². The molecule has 1 heterocycles. The molecular formula is C12H11BrINO. The van der Waals surface area contributed by atoms with E-state index in [2.05, 4.69) is 69.0 Å². The molecule has 0 amide bonds. The van der Waals surface area contributed by atoms with Gasteiger partial charge in [0, 0.05) is 9.26 Å². The van der Waals surface area contributed by atoms with Gasteiger partial charge in [-0.15, -0.1) is 0 Å². The molecule has 0 bridgehead atoms. The Bertz CT molecular complexity index is 496. The first-order valence-electron chi connectivity index (χ1n) is 4.88. The maximum atomic E-state index is 5.33. The summed E-state index contributed by atoms with van der Waals surface area (Å²) in [4.78, 5) is 0. The number of furan rings is 1. The third-order valence-electron chi connectivity index (χ3n) is 2.32. The molecule has 2 nitrogen and oxygen atoms in total. The predicted molar refractivity (Wildman–Crippen MR) is 77.6 cm³/mol. The van der Waals surface area contributed by atoms with E-state index in [0.717, 1.165) is 15.9 Å². The Morgan fingerprint density at radius 3 is 2.81 bits per heavy atom. The van der Waals surface area contributed by atoms with Crippen LogP contribution in [0.5, 0.6) is 0 Å². The SMILES string of the molecule is Cc1ccc(NCc2occc2Br)cc1I. The average molecular weight is 392 g/mol. The van der Waals surface area contributed by atoms with Crippen molar-refractivity contribution < 1.29 is 4.42 Å². The van der Waals surface area contributed by atoms with Gasteiger partial charge in [-0.3, -0.25) is 0 Å². The zero-order valence-corrected chi connectivity index (χ0v) is 12.5. The molecule has 1 aromatic heterocycles. The summed E-state index contributed by atoms with van der Waals surface area (Å²) in [5, 5.41) is 3.33.